The molecule has 1 saturated carbocycles. The van der Waals surface area contributed by atoms with Crippen LogP contribution < -0.4 is 10.6 Å². The molecule has 1 aliphatic carbocycles. The van der Waals surface area contributed by atoms with E-state index in [1.54, 1.807) is 14.2 Å². The minimum atomic E-state index is 0.590. The van der Waals surface area contributed by atoms with Gasteiger partial charge in [0.1, 0.15) is 0 Å². The van der Waals surface area contributed by atoms with Crippen LogP contribution in [-0.4, -0.2) is 79.0 Å². The minimum Gasteiger partial charge on any atom is -0.382 e. The van der Waals surface area contributed by atoms with Gasteiger partial charge in [-0.2, -0.15) is 0 Å². The fraction of sp³-hybridized carbons (Fsp3) is 1.00. The van der Waals surface area contributed by atoms with Crippen molar-refractivity contribution in [1.29, 1.82) is 0 Å². The van der Waals surface area contributed by atoms with Gasteiger partial charge in [-0.1, -0.05) is 12.8 Å². The van der Waals surface area contributed by atoms with E-state index in [4.69, 9.17) is 18.9 Å². The first-order valence-corrected chi connectivity index (χ1v) is 9.48. The number of ether oxygens (including phenoxy) is 4. The van der Waals surface area contributed by atoms with Crippen LogP contribution in [-0.2, 0) is 18.9 Å². The van der Waals surface area contributed by atoms with Crippen molar-refractivity contribution in [3.8, 4) is 0 Å². The number of hydrogen-bond donors (Lipinski definition) is 2. The fourth-order valence-corrected chi connectivity index (χ4v) is 3.03. The molecule has 6 nitrogen and oxygen atoms in total. The SMILES string of the molecule is COCCOCCCN[C@@H]1CCCC[C@H]1NCCCOCCOC. The average molecular weight is 347 g/mol. The highest BCUT2D eigenvalue weighted by Gasteiger charge is 2.23. The zero-order valence-corrected chi connectivity index (χ0v) is 15.7. The molecular weight excluding hydrogens is 308 g/mol. The van der Waals surface area contributed by atoms with Crippen LogP contribution >= 0.6 is 0 Å². The first-order chi connectivity index (χ1) is 11.9. The van der Waals surface area contributed by atoms with Crippen molar-refractivity contribution in [2.24, 2.45) is 0 Å². The molecule has 2 atom stereocenters. The molecule has 6 heteroatoms. The van der Waals surface area contributed by atoms with Gasteiger partial charge in [-0.05, 0) is 38.8 Å². The van der Waals surface area contributed by atoms with Gasteiger partial charge in [0, 0.05) is 39.5 Å². The van der Waals surface area contributed by atoms with Crippen LogP contribution in [0.4, 0.5) is 0 Å². The third kappa shape index (κ3) is 11.3. The van der Waals surface area contributed by atoms with Crippen LogP contribution in [0.1, 0.15) is 38.5 Å². The summed E-state index contributed by atoms with van der Waals surface area (Å²) in [4.78, 5) is 0. The van der Waals surface area contributed by atoms with Gasteiger partial charge in [0.2, 0.25) is 0 Å². The Morgan fingerprint density at radius 1 is 0.667 bits per heavy atom. The summed E-state index contributed by atoms with van der Waals surface area (Å²) in [5.41, 5.74) is 0. The molecule has 0 unspecified atom stereocenters. The fourth-order valence-electron chi connectivity index (χ4n) is 3.03. The molecule has 0 radical (unpaired) electrons. The maximum atomic E-state index is 5.51. The van der Waals surface area contributed by atoms with Crippen molar-refractivity contribution in [3.05, 3.63) is 0 Å². The van der Waals surface area contributed by atoms with Crippen LogP contribution in [0.5, 0.6) is 0 Å². The van der Waals surface area contributed by atoms with E-state index in [9.17, 15) is 0 Å². The second-order valence-corrected chi connectivity index (χ2v) is 6.32. The average Bonchev–Trinajstić information content (AvgIpc) is 2.61. The Morgan fingerprint density at radius 2 is 1.12 bits per heavy atom. The zero-order valence-electron chi connectivity index (χ0n) is 15.7. The van der Waals surface area contributed by atoms with Crippen molar-refractivity contribution >= 4 is 0 Å². The minimum absolute atomic E-state index is 0.590. The summed E-state index contributed by atoms with van der Waals surface area (Å²) in [6.07, 6.45) is 7.32. The number of hydrogen-bond acceptors (Lipinski definition) is 6. The normalized spacial score (nSPS) is 21.2. The summed E-state index contributed by atoms with van der Waals surface area (Å²) in [6, 6.07) is 1.18. The summed E-state index contributed by atoms with van der Waals surface area (Å²) in [5.74, 6) is 0. The van der Waals surface area contributed by atoms with Crippen molar-refractivity contribution in [2.75, 3.05) is 67.0 Å². The molecule has 0 saturated heterocycles. The second kappa shape index (κ2) is 16.2. The lowest BCUT2D eigenvalue weighted by molar-refractivity contribution is 0.0681. The van der Waals surface area contributed by atoms with Crippen LogP contribution in [0.15, 0.2) is 0 Å². The highest BCUT2D eigenvalue weighted by Crippen LogP contribution is 2.18. The van der Waals surface area contributed by atoms with E-state index in [2.05, 4.69) is 10.6 Å². The number of rotatable bonds is 16. The Bertz CT molecular complexity index is 243. The molecule has 2 N–H and O–H groups in total. The molecule has 0 bridgehead atoms. The Labute approximate surface area is 147 Å². The molecule has 1 aliphatic rings. The van der Waals surface area contributed by atoms with Gasteiger partial charge in [-0.15, -0.1) is 0 Å². The van der Waals surface area contributed by atoms with E-state index < -0.39 is 0 Å². The summed E-state index contributed by atoms with van der Waals surface area (Å²) >= 11 is 0. The highest BCUT2D eigenvalue weighted by atomic mass is 16.5. The molecule has 0 spiro atoms. The third-order valence-corrected chi connectivity index (χ3v) is 4.37. The number of nitrogens with one attached hydrogen (secondary N) is 2. The Kier molecular flexibility index (Phi) is 14.8. The summed E-state index contributed by atoms with van der Waals surface area (Å²) in [5, 5.41) is 7.42. The molecule has 0 aromatic heterocycles. The first kappa shape index (κ1) is 21.8. The summed E-state index contributed by atoms with van der Waals surface area (Å²) < 4.78 is 20.9. The van der Waals surface area contributed by atoms with Gasteiger partial charge in [-0.3, -0.25) is 0 Å². The van der Waals surface area contributed by atoms with E-state index >= 15 is 0 Å². The van der Waals surface area contributed by atoms with Crippen molar-refractivity contribution in [2.45, 2.75) is 50.6 Å². The predicted molar refractivity (Wildman–Crippen MR) is 96.7 cm³/mol. The monoisotopic (exact) mass is 346 g/mol. The Morgan fingerprint density at radius 3 is 1.54 bits per heavy atom. The second-order valence-electron chi connectivity index (χ2n) is 6.32. The van der Waals surface area contributed by atoms with Gasteiger partial charge in [0.25, 0.3) is 0 Å². The van der Waals surface area contributed by atoms with Crippen molar-refractivity contribution in [3.63, 3.8) is 0 Å². The van der Waals surface area contributed by atoms with E-state index in [1.165, 1.54) is 25.7 Å². The Hall–Kier alpha value is -0.240. The summed E-state index contributed by atoms with van der Waals surface area (Å²) in [6.45, 7) is 6.40. The van der Waals surface area contributed by atoms with Crippen LogP contribution in [0.3, 0.4) is 0 Å². The van der Waals surface area contributed by atoms with E-state index in [-0.39, 0.29) is 0 Å². The van der Waals surface area contributed by atoms with Gasteiger partial charge >= 0.3 is 0 Å². The predicted octanol–water partition coefficient (Wildman–Crippen LogP) is 1.58. The van der Waals surface area contributed by atoms with Crippen molar-refractivity contribution < 1.29 is 18.9 Å². The van der Waals surface area contributed by atoms with E-state index in [0.717, 1.165) is 39.1 Å². The number of methoxy groups -OCH3 is 2. The van der Waals surface area contributed by atoms with Crippen LogP contribution in [0.25, 0.3) is 0 Å². The van der Waals surface area contributed by atoms with Gasteiger partial charge in [-0.25, -0.2) is 0 Å². The molecule has 0 heterocycles. The molecule has 0 aromatic carbocycles. The first-order valence-electron chi connectivity index (χ1n) is 9.48. The van der Waals surface area contributed by atoms with Gasteiger partial charge in [0.15, 0.2) is 0 Å². The maximum absolute atomic E-state index is 5.51. The van der Waals surface area contributed by atoms with E-state index in [1.807, 2.05) is 0 Å². The lowest BCUT2D eigenvalue weighted by atomic mass is 9.90. The van der Waals surface area contributed by atoms with Gasteiger partial charge < -0.3 is 29.6 Å². The van der Waals surface area contributed by atoms with Crippen LogP contribution in [0, 0.1) is 0 Å². The van der Waals surface area contributed by atoms with E-state index in [0.29, 0.717) is 38.5 Å². The molecular formula is C18H38N2O4. The zero-order chi connectivity index (χ0) is 17.3. The van der Waals surface area contributed by atoms with Crippen molar-refractivity contribution in [1.82, 2.24) is 10.6 Å². The molecule has 0 aliphatic heterocycles. The molecule has 144 valence electrons. The largest absolute Gasteiger partial charge is 0.382 e. The molecule has 0 aromatic rings. The molecule has 1 fully saturated rings. The highest BCUT2D eigenvalue weighted by molar-refractivity contribution is 4.86. The molecule has 0 amide bonds. The maximum Gasteiger partial charge on any atom is 0.0700 e. The molecule has 24 heavy (non-hydrogen) atoms. The van der Waals surface area contributed by atoms with Gasteiger partial charge in [0.05, 0.1) is 26.4 Å². The topological polar surface area (TPSA) is 61.0 Å². The smallest absolute Gasteiger partial charge is 0.0700 e. The lowest BCUT2D eigenvalue weighted by Crippen LogP contribution is -2.50. The Balaban J connectivity index is 2.02. The lowest BCUT2D eigenvalue weighted by Gasteiger charge is -2.33. The van der Waals surface area contributed by atoms with Crippen LogP contribution in [0.2, 0.25) is 0 Å². The quantitative estimate of drug-likeness (QED) is 0.414. The third-order valence-electron chi connectivity index (χ3n) is 4.37. The summed E-state index contributed by atoms with van der Waals surface area (Å²) in [7, 11) is 3.40. The molecule has 1 rings (SSSR count). The standard InChI is InChI=1S/C18H38N2O4/c1-21-13-15-23-11-5-9-19-17-7-3-4-8-18(17)20-10-6-12-24-16-14-22-2/h17-20H,3-16H2,1-2H3/t17-,18-/m1/s1.